The zero-order valence-corrected chi connectivity index (χ0v) is 9.85. The summed E-state index contributed by atoms with van der Waals surface area (Å²) >= 11 is 0. The third kappa shape index (κ3) is 3.15. The molecule has 1 aromatic heterocycles. The lowest BCUT2D eigenvalue weighted by molar-refractivity contribution is -0.143. The summed E-state index contributed by atoms with van der Waals surface area (Å²) in [6.45, 7) is 0. The second kappa shape index (κ2) is 4.88. The van der Waals surface area contributed by atoms with Gasteiger partial charge in [-0.1, -0.05) is 6.07 Å². The van der Waals surface area contributed by atoms with Crippen LogP contribution in [0.5, 0.6) is 0 Å². The van der Waals surface area contributed by atoms with E-state index in [9.17, 15) is 26.3 Å². The molecule has 0 radical (unpaired) electrons. The van der Waals surface area contributed by atoms with Gasteiger partial charge in [0.05, 0.1) is 17.4 Å². The Morgan fingerprint density at radius 3 is 2.10 bits per heavy atom. The van der Waals surface area contributed by atoms with Crippen molar-refractivity contribution in [2.45, 2.75) is 18.8 Å². The van der Waals surface area contributed by atoms with Crippen LogP contribution in [-0.2, 0) is 18.8 Å². The van der Waals surface area contributed by atoms with Crippen LogP contribution in [0, 0.1) is 0 Å². The summed E-state index contributed by atoms with van der Waals surface area (Å²) in [6, 6.07) is 4.53. The van der Waals surface area contributed by atoms with Crippen molar-refractivity contribution in [1.29, 1.82) is 0 Å². The smallest absolute Gasteiger partial charge is 0.416 e. The lowest BCUT2D eigenvalue weighted by atomic mass is 9.99. The van der Waals surface area contributed by atoms with Gasteiger partial charge in [0.1, 0.15) is 5.76 Å². The van der Waals surface area contributed by atoms with Crippen molar-refractivity contribution in [2.75, 3.05) is 0 Å². The number of hydrogen-bond acceptors (Lipinski definition) is 1. The van der Waals surface area contributed by atoms with Gasteiger partial charge in [0.15, 0.2) is 0 Å². The zero-order chi connectivity index (χ0) is 15.0. The molecule has 1 aromatic carbocycles. The van der Waals surface area contributed by atoms with Crippen LogP contribution >= 0.6 is 0 Å². The van der Waals surface area contributed by atoms with E-state index < -0.39 is 23.5 Å². The highest BCUT2D eigenvalue weighted by molar-refractivity contribution is 5.37. The van der Waals surface area contributed by atoms with Crippen LogP contribution in [-0.4, -0.2) is 0 Å². The van der Waals surface area contributed by atoms with Gasteiger partial charge in [-0.3, -0.25) is 0 Å². The molecular weight excluding hydrogens is 286 g/mol. The minimum atomic E-state index is -4.86. The van der Waals surface area contributed by atoms with Crippen molar-refractivity contribution < 1.29 is 30.8 Å². The van der Waals surface area contributed by atoms with E-state index in [2.05, 4.69) is 0 Å². The Bertz CT molecular complexity index is 580. The fourth-order valence-corrected chi connectivity index (χ4v) is 1.77. The molecule has 2 aromatic rings. The predicted molar refractivity (Wildman–Crippen MR) is 58.0 cm³/mol. The highest BCUT2D eigenvalue weighted by Crippen LogP contribution is 2.37. The highest BCUT2D eigenvalue weighted by atomic mass is 19.4. The van der Waals surface area contributed by atoms with Gasteiger partial charge < -0.3 is 4.42 Å². The van der Waals surface area contributed by atoms with Gasteiger partial charge in [-0.2, -0.15) is 26.3 Å². The van der Waals surface area contributed by atoms with Gasteiger partial charge in [-0.15, -0.1) is 0 Å². The van der Waals surface area contributed by atoms with E-state index in [0.29, 0.717) is 6.07 Å². The first-order chi connectivity index (χ1) is 9.18. The van der Waals surface area contributed by atoms with Gasteiger partial charge in [0, 0.05) is 6.42 Å². The van der Waals surface area contributed by atoms with Crippen LogP contribution in [0.1, 0.15) is 22.5 Å². The van der Waals surface area contributed by atoms with Crippen molar-refractivity contribution in [1.82, 2.24) is 0 Å². The van der Waals surface area contributed by atoms with Crippen molar-refractivity contribution in [2.24, 2.45) is 0 Å². The van der Waals surface area contributed by atoms with Crippen LogP contribution in [0.3, 0.4) is 0 Å². The van der Waals surface area contributed by atoms with Crippen LogP contribution in [0.2, 0.25) is 0 Å². The number of alkyl halides is 6. The summed E-state index contributed by atoms with van der Waals surface area (Å²) in [6.07, 6.45) is -8.61. The van der Waals surface area contributed by atoms with E-state index >= 15 is 0 Å². The van der Waals surface area contributed by atoms with Crippen LogP contribution < -0.4 is 0 Å². The average molecular weight is 294 g/mol. The summed E-state index contributed by atoms with van der Waals surface area (Å²) in [5, 5.41) is 0. The molecule has 0 spiro atoms. The molecule has 0 aliphatic heterocycles. The van der Waals surface area contributed by atoms with Gasteiger partial charge >= 0.3 is 12.4 Å². The molecular formula is C13H8F6O. The first-order valence-electron chi connectivity index (χ1n) is 5.47. The predicted octanol–water partition coefficient (Wildman–Crippen LogP) is 4.91. The van der Waals surface area contributed by atoms with Gasteiger partial charge in [0.2, 0.25) is 0 Å². The molecule has 2 rings (SSSR count). The Labute approximate surface area is 109 Å². The lowest BCUT2D eigenvalue weighted by Gasteiger charge is -2.15. The second-order valence-corrected chi connectivity index (χ2v) is 4.12. The molecule has 0 aliphatic carbocycles. The molecule has 0 bridgehead atoms. The molecule has 0 N–H and O–H groups in total. The number of hydrogen-bond donors (Lipinski definition) is 0. The Morgan fingerprint density at radius 1 is 0.900 bits per heavy atom. The highest BCUT2D eigenvalue weighted by Gasteiger charge is 2.38. The largest absolute Gasteiger partial charge is 0.469 e. The summed E-state index contributed by atoms with van der Waals surface area (Å²) in [4.78, 5) is 0. The molecule has 0 aliphatic rings. The first-order valence-corrected chi connectivity index (χ1v) is 5.47. The Balaban J connectivity index is 2.46. The monoisotopic (exact) mass is 294 g/mol. The fraction of sp³-hybridized carbons (Fsp3) is 0.231. The Hall–Kier alpha value is -1.92. The van der Waals surface area contributed by atoms with E-state index in [4.69, 9.17) is 4.42 Å². The molecule has 7 heteroatoms. The van der Waals surface area contributed by atoms with Crippen molar-refractivity contribution in [3.8, 4) is 0 Å². The van der Waals surface area contributed by atoms with Crippen molar-refractivity contribution >= 4 is 0 Å². The third-order valence-electron chi connectivity index (χ3n) is 2.69. The molecule has 1 nitrogen and oxygen atoms in total. The molecule has 0 unspecified atom stereocenters. The van der Waals surface area contributed by atoms with E-state index in [0.717, 1.165) is 6.07 Å². The normalized spacial score (nSPS) is 12.7. The minimum Gasteiger partial charge on any atom is -0.469 e. The van der Waals surface area contributed by atoms with E-state index in [-0.39, 0.29) is 23.8 Å². The number of rotatable bonds is 2. The van der Waals surface area contributed by atoms with E-state index in [1.54, 1.807) is 0 Å². The minimum absolute atomic E-state index is 0.123. The van der Waals surface area contributed by atoms with Crippen LogP contribution in [0.4, 0.5) is 26.3 Å². The van der Waals surface area contributed by atoms with Gasteiger partial charge in [0.25, 0.3) is 0 Å². The zero-order valence-electron chi connectivity index (χ0n) is 9.85. The molecule has 0 fully saturated rings. The molecule has 0 saturated heterocycles. The number of furan rings is 1. The molecule has 0 atom stereocenters. The summed E-state index contributed by atoms with van der Waals surface area (Å²) in [5.74, 6) is 0.246. The second-order valence-electron chi connectivity index (χ2n) is 4.12. The molecule has 0 amide bonds. The number of benzene rings is 1. The maximum absolute atomic E-state index is 12.8. The maximum atomic E-state index is 12.8. The summed E-state index contributed by atoms with van der Waals surface area (Å²) in [5.41, 5.74) is -2.89. The molecule has 1 heterocycles. The quantitative estimate of drug-likeness (QED) is 0.717. The maximum Gasteiger partial charge on any atom is 0.416 e. The van der Waals surface area contributed by atoms with Gasteiger partial charge in [-0.05, 0) is 29.8 Å². The Morgan fingerprint density at radius 2 is 1.60 bits per heavy atom. The van der Waals surface area contributed by atoms with Crippen molar-refractivity contribution in [3.63, 3.8) is 0 Å². The molecule has 20 heavy (non-hydrogen) atoms. The summed E-state index contributed by atoms with van der Waals surface area (Å²) in [7, 11) is 0. The standard InChI is InChI=1S/C13H8F6O/c14-12(15,16)9-4-3-8(6-10-2-1-5-20-10)11(7-9)13(17,18)19/h1-5,7H,6H2. The Kier molecular flexibility index (Phi) is 3.54. The third-order valence-corrected chi connectivity index (χ3v) is 2.69. The van der Waals surface area contributed by atoms with Crippen LogP contribution in [0.15, 0.2) is 41.0 Å². The van der Waals surface area contributed by atoms with Gasteiger partial charge in [-0.25, -0.2) is 0 Å². The lowest BCUT2D eigenvalue weighted by Crippen LogP contribution is -2.13. The molecule has 108 valence electrons. The van der Waals surface area contributed by atoms with Crippen molar-refractivity contribution in [3.05, 3.63) is 59.0 Å². The van der Waals surface area contributed by atoms with E-state index in [1.807, 2.05) is 0 Å². The van der Waals surface area contributed by atoms with E-state index in [1.165, 1.54) is 18.4 Å². The SMILES string of the molecule is FC(F)(F)c1ccc(Cc2ccco2)c(C(F)(F)F)c1. The summed E-state index contributed by atoms with van der Waals surface area (Å²) < 4.78 is 80.9. The topological polar surface area (TPSA) is 13.1 Å². The number of halogens is 6. The van der Waals surface area contributed by atoms with Crippen LogP contribution in [0.25, 0.3) is 0 Å². The fourth-order valence-electron chi connectivity index (χ4n) is 1.77. The molecule has 0 saturated carbocycles. The average Bonchev–Trinajstić information content (AvgIpc) is 2.79. The first kappa shape index (κ1) is 14.5.